The summed E-state index contributed by atoms with van der Waals surface area (Å²) in [5.41, 5.74) is 1.38. The molecule has 162 valence electrons. The minimum absolute atomic E-state index is 0.0404. The number of nitrogens with one attached hydrogen (secondary N) is 1. The Morgan fingerprint density at radius 1 is 1.16 bits per heavy atom. The first-order valence-electron chi connectivity index (χ1n) is 9.47. The molecule has 3 heterocycles. The van der Waals surface area contributed by atoms with Crippen molar-refractivity contribution in [3.05, 3.63) is 94.0 Å². The average Bonchev–Trinajstić information content (AvgIpc) is 2.79. The number of hydrogen-bond acceptors (Lipinski definition) is 7. The van der Waals surface area contributed by atoms with Crippen molar-refractivity contribution in [1.82, 2.24) is 19.5 Å². The number of halogens is 2. The number of rotatable bonds is 6. The Labute approximate surface area is 186 Å². The van der Waals surface area contributed by atoms with Gasteiger partial charge in [-0.15, -0.1) is 0 Å². The van der Waals surface area contributed by atoms with Gasteiger partial charge in [0.05, 0.1) is 35.2 Å². The maximum absolute atomic E-state index is 13.9. The Morgan fingerprint density at radius 2 is 2.00 bits per heavy atom. The van der Waals surface area contributed by atoms with Crippen LogP contribution in [0, 0.1) is 5.82 Å². The summed E-state index contributed by atoms with van der Waals surface area (Å²) in [7, 11) is 0. The molecule has 8 nitrogen and oxygen atoms in total. The van der Waals surface area contributed by atoms with Crippen molar-refractivity contribution in [2.45, 2.75) is 6.04 Å². The summed E-state index contributed by atoms with van der Waals surface area (Å²) >= 11 is 5.73. The molecule has 0 aliphatic heterocycles. The van der Waals surface area contributed by atoms with E-state index in [0.29, 0.717) is 22.5 Å². The molecule has 0 spiro atoms. The van der Waals surface area contributed by atoms with Crippen molar-refractivity contribution in [3.8, 4) is 17.0 Å². The molecule has 0 radical (unpaired) electrons. The molecule has 3 aromatic heterocycles. The maximum Gasteiger partial charge on any atom is 0.251 e. The Kier molecular flexibility index (Phi) is 6.11. The van der Waals surface area contributed by atoms with Gasteiger partial charge in [-0.1, -0.05) is 17.7 Å². The monoisotopic (exact) mass is 453 g/mol. The van der Waals surface area contributed by atoms with Crippen LogP contribution < -0.4 is 10.9 Å². The van der Waals surface area contributed by atoms with Crippen molar-refractivity contribution < 1.29 is 14.6 Å². The van der Waals surface area contributed by atoms with E-state index in [0.717, 1.165) is 0 Å². The van der Waals surface area contributed by atoms with Gasteiger partial charge in [-0.25, -0.2) is 14.4 Å². The number of aliphatic hydroxyl groups is 1. The number of benzene rings is 1. The fourth-order valence-electron chi connectivity index (χ4n) is 3.17. The van der Waals surface area contributed by atoms with Gasteiger partial charge >= 0.3 is 0 Å². The lowest BCUT2D eigenvalue weighted by molar-refractivity contribution is 0.247. The number of pyridine rings is 2. The van der Waals surface area contributed by atoms with Crippen LogP contribution in [0.2, 0.25) is 5.02 Å². The van der Waals surface area contributed by atoms with Crippen LogP contribution in [0.15, 0.2) is 72.0 Å². The molecule has 0 aliphatic rings. The highest BCUT2D eigenvalue weighted by Crippen LogP contribution is 2.25. The molecule has 3 N–H and O–H groups in total. The third-order valence-corrected chi connectivity index (χ3v) is 5.09. The zero-order chi connectivity index (χ0) is 22.7. The van der Waals surface area contributed by atoms with E-state index in [9.17, 15) is 19.4 Å². The van der Waals surface area contributed by atoms with Gasteiger partial charge in [-0.3, -0.25) is 9.78 Å². The standard InChI is InChI=1S/C22H17ClFN5O3/c23-15-2-1-14(9-16(15)24)19(12-30)29-8-5-13(10-21(29)32)17-4-7-26-22(27-17)28-18-3-6-25-11-20(18)31/h1-11,19,30-31H,12H2,(H,25,26,27,28)/t19-/m1/s1. The minimum atomic E-state index is -0.777. The van der Waals surface area contributed by atoms with Crippen LogP contribution in [0.4, 0.5) is 16.0 Å². The van der Waals surface area contributed by atoms with Crippen molar-refractivity contribution in [2.24, 2.45) is 0 Å². The third-order valence-electron chi connectivity index (χ3n) is 4.78. The number of aliphatic hydroxyl groups excluding tert-OH is 1. The van der Waals surface area contributed by atoms with Crippen LogP contribution in [0.1, 0.15) is 11.6 Å². The fraction of sp³-hybridized carbons (Fsp3) is 0.0909. The molecule has 0 saturated heterocycles. The second-order valence-electron chi connectivity index (χ2n) is 6.82. The van der Waals surface area contributed by atoms with Gasteiger partial charge in [0.2, 0.25) is 5.95 Å². The zero-order valence-corrected chi connectivity index (χ0v) is 17.2. The highest BCUT2D eigenvalue weighted by atomic mass is 35.5. The first-order chi connectivity index (χ1) is 15.5. The van der Waals surface area contributed by atoms with E-state index < -0.39 is 24.0 Å². The van der Waals surface area contributed by atoms with Gasteiger partial charge in [0.15, 0.2) is 5.75 Å². The van der Waals surface area contributed by atoms with Crippen LogP contribution in [-0.4, -0.2) is 36.3 Å². The quantitative estimate of drug-likeness (QED) is 0.409. The molecule has 0 fully saturated rings. The number of nitrogens with zero attached hydrogens (tertiary/aromatic N) is 4. The van der Waals surface area contributed by atoms with Gasteiger partial charge in [-0.05, 0) is 35.9 Å². The van der Waals surface area contributed by atoms with Crippen LogP contribution in [0.25, 0.3) is 11.3 Å². The van der Waals surface area contributed by atoms with E-state index in [1.807, 2.05) is 0 Å². The lowest BCUT2D eigenvalue weighted by Crippen LogP contribution is -2.27. The number of aromatic hydroxyl groups is 1. The fourth-order valence-corrected chi connectivity index (χ4v) is 3.29. The second kappa shape index (κ2) is 9.13. The maximum atomic E-state index is 13.9. The SMILES string of the molecule is O=c1cc(-c2ccnc(Nc3ccncc3O)n2)ccn1[C@H](CO)c1ccc(Cl)c(F)c1. The molecular weight excluding hydrogens is 437 g/mol. The number of anilines is 2. The van der Waals surface area contributed by atoms with Gasteiger partial charge in [0.1, 0.15) is 5.82 Å². The van der Waals surface area contributed by atoms with E-state index >= 15 is 0 Å². The predicted octanol–water partition coefficient (Wildman–Crippen LogP) is 3.52. The normalized spacial score (nSPS) is 11.8. The third kappa shape index (κ3) is 4.43. The van der Waals surface area contributed by atoms with Gasteiger partial charge < -0.3 is 20.1 Å². The first-order valence-corrected chi connectivity index (χ1v) is 9.85. The minimum Gasteiger partial charge on any atom is -0.504 e. The van der Waals surface area contributed by atoms with E-state index in [-0.39, 0.29) is 16.7 Å². The van der Waals surface area contributed by atoms with E-state index in [2.05, 4.69) is 20.3 Å². The number of aromatic nitrogens is 4. The van der Waals surface area contributed by atoms with E-state index in [1.54, 1.807) is 24.3 Å². The molecule has 10 heteroatoms. The van der Waals surface area contributed by atoms with E-state index in [1.165, 1.54) is 47.6 Å². The van der Waals surface area contributed by atoms with Crippen LogP contribution in [0.3, 0.4) is 0 Å². The van der Waals surface area contributed by atoms with Gasteiger partial charge in [-0.2, -0.15) is 0 Å². The largest absolute Gasteiger partial charge is 0.504 e. The zero-order valence-electron chi connectivity index (χ0n) is 16.5. The highest BCUT2D eigenvalue weighted by Gasteiger charge is 2.16. The summed E-state index contributed by atoms with van der Waals surface area (Å²) in [6, 6.07) is 9.59. The Morgan fingerprint density at radius 3 is 2.72 bits per heavy atom. The summed E-state index contributed by atoms with van der Waals surface area (Å²) in [6.45, 7) is -0.405. The Balaban J connectivity index is 1.64. The molecule has 0 unspecified atom stereocenters. The average molecular weight is 454 g/mol. The summed E-state index contributed by atoms with van der Waals surface area (Å²) in [5, 5.41) is 22.5. The lowest BCUT2D eigenvalue weighted by Gasteiger charge is -2.18. The van der Waals surface area contributed by atoms with Crippen LogP contribution in [0.5, 0.6) is 5.75 Å². The molecule has 0 saturated carbocycles. The smallest absolute Gasteiger partial charge is 0.251 e. The molecule has 1 atom stereocenters. The van der Waals surface area contributed by atoms with Crippen molar-refractivity contribution in [2.75, 3.05) is 11.9 Å². The highest BCUT2D eigenvalue weighted by molar-refractivity contribution is 6.30. The predicted molar refractivity (Wildman–Crippen MR) is 118 cm³/mol. The van der Waals surface area contributed by atoms with Crippen molar-refractivity contribution >= 4 is 23.2 Å². The van der Waals surface area contributed by atoms with Crippen LogP contribution >= 0.6 is 11.6 Å². The second-order valence-corrected chi connectivity index (χ2v) is 7.22. The molecular formula is C22H17ClFN5O3. The molecule has 4 rings (SSSR count). The van der Waals surface area contributed by atoms with Crippen molar-refractivity contribution in [3.63, 3.8) is 0 Å². The molecule has 1 aromatic carbocycles. The molecule has 32 heavy (non-hydrogen) atoms. The summed E-state index contributed by atoms with van der Waals surface area (Å²) in [4.78, 5) is 25.1. The lowest BCUT2D eigenvalue weighted by atomic mass is 10.1. The number of hydrogen-bond donors (Lipinski definition) is 3. The van der Waals surface area contributed by atoms with Crippen LogP contribution in [-0.2, 0) is 0 Å². The van der Waals surface area contributed by atoms with E-state index in [4.69, 9.17) is 11.6 Å². The van der Waals surface area contributed by atoms with Crippen molar-refractivity contribution in [1.29, 1.82) is 0 Å². The molecule has 0 aliphatic carbocycles. The molecule has 0 amide bonds. The molecule has 0 bridgehead atoms. The summed E-state index contributed by atoms with van der Waals surface area (Å²) < 4.78 is 15.2. The topological polar surface area (TPSA) is 113 Å². The first kappa shape index (κ1) is 21.4. The Bertz CT molecular complexity index is 1330. The van der Waals surface area contributed by atoms with Gasteiger partial charge in [0.25, 0.3) is 5.56 Å². The summed E-state index contributed by atoms with van der Waals surface area (Å²) in [5.74, 6) is -0.468. The molecule has 4 aromatic rings. The van der Waals surface area contributed by atoms with Gasteiger partial charge in [0, 0.05) is 30.2 Å². The summed E-state index contributed by atoms with van der Waals surface area (Å²) in [6.07, 6.45) is 5.82. The Hall–Kier alpha value is -3.82.